The van der Waals surface area contributed by atoms with Gasteiger partial charge in [-0.2, -0.15) is 0 Å². The van der Waals surface area contributed by atoms with E-state index in [-0.39, 0.29) is 16.8 Å². The summed E-state index contributed by atoms with van der Waals surface area (Å²) in [6, 6.07) is 0. The van der Waals surface area contributed by atoms with Crippen LogP contribution in [0.25, 0.3) is 0 Å². The van der Waals surface area contributed by atoms with Crippen LogP contribution >= 0.6 is 0 Å². The van der Waals surface area contributed by atoms with E-state index in [4.69, 9.17) is 4.74 Å². The second kappa shape index (κ2) is 10.3. The highest BCUT2D eigenvalue weighted by Gasteiger charge is 2.35. The average Bonchev–Trinajstić information content (AvgIpc) is 2.66. The van der Waals surface area contributed by atoms with E-state index in [1.165, 1.54) is 12.8 Å². The minimum atomic E-state index is -0.0459. The molecule has 2 heterocycles. The Kier molecular flexibility index (Phi) is 8.36. The fourth-order valence-electron chi connectivity index (χ4n) is 4.77. The summed E-state index contributed by atoms with van der Waals surface area (Å²) in [4.78, 5) is 12.3. The van der Waals surface area contributed by atoms with Gasteiger partial charge in [0.2, 0.25) is 0 Å². The molecule has 0 aromatic rings. The number of hydrogen-bond donors (Lipinski definition) is 2. The van der Waals surface area contributed by atoms with E-state index in [1.54, 1.807) is 0 Å². The van der Waals surface area contributed by atoms with Crippen molar-refractivity contribution < 1.29 is 9.53 Å². The van der Waals surface area contributed by atoms with E-state index in [1.807, 2.05) is 12.2 Å². The van der Waals surface area contributed by atoms with Crippen molar-refractivity contribution in [3.05, 3.63) is 25.3 Å². The molecular weight excluding hydrogens is 324 g/mol. The van der Waals surface area contributed by atoms with Crippen LogP contribution in [0.15, 0.2) is 25.3 Å². The van der Waals surface area contributed by atoms with E-state index in [0.717, 1.165) is 58.3 Å². The lowest BCUT2D eigenvalue weighted by atomic mass is 9.72. The lowest BCUT2D eigenvalue weighted by Gasteiger charge is -2.40. The van der Waals surface area contributed by atoms with Gasteiger partial charge in [-0.05, 0) is 62.3 Å². The maximum atomic E-state index is 12.3. The second-order valence-corrected chi connectivity index (χ2v) is 8.50. The molecule has 0 bridgehead atoms. The number of allylic oxidation sites excluding steroid dienone is 2. The Labute approximate surface area is 159 Å². The van der Waals surface area contributed by atoms with E-state index in [0.29, 0.717) is 18.9 Å². The number of hydrogen-bond acceptors (Lipinski definition) is 4. The molecule has 4 heteroatoms. The van der Waals surface area contributed by atoms with Crippen LogP contribution in [0.4, 0.5) is 0 Å². The number of nitrogens with one attached hydrogen (secondary N) is 2. The summed E-state index contributed by atoms with van der Waals surface area (Å²) in [7, 11) is 0. The van der Waals surface area contributed by atoms with Crippen LogP contribution in [0.5, 0.6) is 0 Å². The standard InChI is InChI=1S/C22H38N2O2/c1-4-9-21(6-3)14-19(15-24-17-21)16-26-20(25)8-12-22(10-5-2)11-7-13-23-18-22/h4-5,19,23-24H,1-2,6-18H2,3H3/t19?,21-,22-/m1/s1. The zero-order valence-electron chi connectivity index (χ0n) is 16.7. The first kappa shape index (κ1) is 21.2. The van der Waals surface area contributed by atoms with Gasteiger partial charge in [0, 0.05) is 32.0 Å². The Morgan fingerprint density at radius 2 is 1.92 bits per heavy atom. The minimum Gasteiger partial charge on any atom is -0.465 e. The Bertz CT molecular complexity index is 471. The van der Waals surface area contributed by atoms with Crippen LogP contribution in [0.1, 0.15) is 58.3 Å². The zero-order chi connectivity index (χ0) is 18.9. The molecule has 2 saturated heterocycles. The summed E-state index contributed by atoms with van der Waals surface area (Å²) in [5.41, 5.74) is 0.464. The molecule has 0 aliphatic carbocycles. The van der Waals surface area contributed by atoms with Crippen LogP contribution in [0.2, 0.25) is 0 Å². The molecule has 4 nitrogen and oxygen atoms in total. The van der Waals surface area contributed by atoms with Gasteiger partial charge in [-0.25, -0.2) is 0 Å². The van der Waals surface area contributed by atoms with Gasteiger partial charge in [-0.15, -0.1) is 13.2 Å². The average molecular weight is 363 g/mol. The highest BCUT2D eigenvalue weighted by Crippen LogP contribution is 2.37. The van der Waals surface area contributed by atoms with Gasteiger partial charge < -0.3 is 15.4 Å². The first-order valence-electron chi connectivity index (χ1n) is 10.4. The van der Waals surface area contributed by atoms with Crippen molar-refractivity contribution in [2.45, 2.75) is 58.3 Å². The summed E-state index contributed by atoms with van der Waals surface area (Å²) in [5.74, 6) is 0.362. The maximum absolute atomic E-state index is 12.3. The Balaban J connectivity index is 1.77. The van der Waals surface area contributed by atoms with E-state index < -0.39 is 0 Å². The van der Waals surface area contributed by atoms with Crippen LogP contribution in [-0.4, -0.2) is 38.8 Å². The molecule has 0 aromatic carbocycles. The molecule has 2 rings (SSSR count). The largest absolute Gasteiger partial charge is 0.465 e. The van der Waals surface area contributed by atoms with Crippen molar-refractivity contribution in [1.29, 1.82) is 0 Å². The molecule has 26 heavy (non-hydrogen) atoms. The zero-order valence-corrected chi connectivity index (χ0v) is 16.7. The molecule has 148 valence electrons. The Morgan fingerprint density at radius 1 is 1.19 bits per heavy atom. The number of piperidine rings is 2. The van der Waals surface area contributed by atoms with Crippen LogP contribution in [0.3, 0.4) is 0 Å². The van der Waals surface area contributed by atoms with Crippen molar-refractivity contribution >= 4 is 5.97 Å². The topological polar surface area (TPSA) is 50.4 Å². The highest BCUT2D eigenvalue weighted by molar-refractivity contribution is 5.69. The third kappa shape index (κ3) is 5.95. The number of esters is 1. The summed E-state index contributed by atoms with van der Waals surface area (Å²) in [6.45, 7) is 14.7. The van der Waals surface area contributed by atoms with Gasteiger partial charge in [0.05, 0.1) is 6.61 Å². The monoisotopic (exact) mass is 362 g/mol. The van der Waals surface area contributed by atoms with Crippen molar-refractivity contribution in [2.24, 2.45) is 16.7 Å². The number of rotatable bonds is 10. The van der Waals surface area contributed by atoms with E-state index >= 15 is 0 Å². The smallest absolute Gasteiger partial charge is 0.305 e. The molecule has 0 saturated carbocycles. The first-order valence-corrected chi connectivity index (χ1v) is 10.4. The van der Waals surface area contributed by atoms with Crippen LogP contribution in [0, 0.1) is 16.7 Å². The van der Waals surface area contributed by atoms with Gasteiger partial charge >= 0.3 is 5.97 Å². The summed E-state index contributed by atoms with van der Waals surface area (Å²) < 4.78 is 5.66. The molecule has 3 atom stereocenters. The van der Waals surface area contributed by atoms with Crippen LogP contribution in [-0.2, 0) is 9.53 Å². The van der Waals surface area contributed by atoms with Crippen molar-refractivity contribution in [1.82, 2.24) is 10.6 Å². The molecule has 2 N–H and O–H groups in total. The highest BCUT2D eigenvalue weighted by atomic mass is 16.5. The number of carbonyl (C=O) groups excluding carboxylic acids is 1. The molecular formula is C22H38N2O2. The summed E-state index contributed by atoms with van der Waals surface area (Å²) >= 11 is 0. The van der Waals surface area contributed by atoms with Crippen molar-refractivity contribution in [3.63, 3.8) is 0 Å². The van der Waals surface area contributed by atoms with Crippen molar-refractivity contribution in [3.8, 4) is 0 Å². The van der Waals surface area contributed by atoms with Gasteiger partial charge in [0.15, 0.2) is 0 Å². The normalized spacial score (nSPS) is 32.0. The van der Waals surface area contributed by atoms with Gasteiger partial charge in [-0.1, -0.05) is 19.1 Å². The fraction of sp³-hybridized carbons (Fsp3) is 0.773. The second-order valence-electron chi connectivity index (χ2n) is 8.50. The van der Waals surface area contributed by atoms with Gasteiger partial charge in [0.1, 0.15) is 0 Å². The fourth-order valence-corrected chi connectivity index (χ4v) is 4.77. The predicted octanol–water partition coefficient (Wildman–Crippen LogP) is 3.84. The van der Waals surface area contributed by atoms with E-state index in [2.05, 4.69) is 30.7 Å². The predicted molar refractivity (Wildman–Crippen MR) is 108 cm³/mol. The number of ether oxygens (including phenoxy) is 1. The van der Waals surface area contributed by atoms with Crippen LogP contribution < -0.4 is 10.6 Å². The molecule has 0 amide bonds. The Hall–Kier alpha value is -1.13. The molecule has 0 radical (unpaired) electrons. The lowest BCUT2D eigenvalue weighted by molar-refractivity contribution is -0.146. The molecule has 2 aliphatic heterocycles. The van der Waals surface area contributed by atoms with Gasteiger partial charge in [-0.3, -0.25) is 4.79 Å². The molecule has 0 spiro atoms. The summed E-state index contributed by atoms with van der Waals surface area (Å²) in [6.07, 6.45) is 12.0. The molecule has 2 aliphatic rings. The third-order valence-corrected chi connectivity index (χ3v) is 6.46. The first-order chi connectivity index (χ1) is 12.6. The SMILES string of the molecule is C=CC[C@]1(CCC(=O)OCC2CNC[C@](CC)(CC=C)C2)CCCNC1. The molecule has 2 fully saturated rings. The Morgan fingerprint density at radius 3 is 2.58 bits per heavy atom. The molecule has 1 unspecified atom stereocenters. The minimum absolute atomic E-state index is 0.0459. The summed E-state index contributed by atoms with van der Waals surface area (Å²) in [5, 5.41) is 7.01. The quantitative estimate of drug-likeness (QED) is 0.458. The third-order valence-electron chi connectivity index (χ3n) is 6.46. The molecule has 0 aromatic heterocycles. The van der Waals surface area contributed by atoms with Crippen molar-refractivity contribution in [2.75, 3.05) is 32.8 Å². The van der Waals surface area contributed by atoms with E-state index in [9.17, 15) is 4.79 Å². The number of carbonyl (C=O) groups is 1. The maximum Gasteiger partial charge on any atom is 0.305 e. The van der Waals surface area contributed by atoms with Gasteiger partial charge in [0.25, 0.3) is 0 Å². The lowest BCUT2D eigenvalue weighted by Crippen LogP contribution is -2.45.